The van der Waals surface area contributed by atoms with Crippen molar-refractivity contribution in [2.45, 2.75) is 11.6 Å². The number of halogens is 1. The average molecular weight is 331 g/mol. The SMILES string of the molecule is CNS(=O)(=O)c1ccc(CNc2ccc(Cl)c(OC)c2)o1. The van der Waals surface area contributed by atoms with Crippen LogP contribution in [0.4, 0.5) is 5.69 Å². The molecular formula is C13H15ClN2O4S. The zero-order valence-electron chi connectivity index (χ0n) is 11.5. The van der Waals surface area contributed by atoms with Crippen LogP contribution < -0.4 is 14.8 Å². The third-order valence-electron chi connectivity index (χ3n) is 2.79. The lowest BCUT2D eigenvalue weighted by Crippen LogP contribution is -2.17. The van der Waals surface area contributed by atoms with E-state index in [1.807, 2.05) is 0 Å². The number of hydrogen-bond acceptors (Lipinski definition) is 5. The zero-order chi connectivity index (χ0) is 15.5. The monoisotopic (exact) mass is 330 g/mol. The molecule has 6 nitrogen and oxygen atoms in total. The highest BCUT2D eigenvalue weighted by molar-refractivity contribution is 7.89. The van der Waals surface area contributed by atoms with Crippen molar-refractivity contribution in [3.63, 3.8) is 0 Å². The van der Waals surface area contributed by atoms with Crippen LogP contribution in [0, 0.1) is 0 Å². The van der Waals surface area contributed by atoms with Gasteiger partial charge in [-0.25, -0.2) is 13.1 Å². The van der Waals surface area contributed by atoms with Gasteiger partial charge in [0.1, 0.15) is 11.5 Å². The molecule has 0 aliphatic carbocycles. The molecule has 0 saturated heterocycles. The number of nitrogens with one attached hydrogen (secondary N) is 2. The Bertz CT molecular complexity index is 728. The summed E-state index contributed by atoms with van der Waals surface area (Å²) in [6, 6.07) is 8.26. The van der Waals surface area contributed by atoms with Crippen molar-refractivity contribution in [3.8, 4) is 5.75 Å². The summed E-state index contributed by atoms with van der Waals surface area (Å²) in [6.45, 7) is 0.337. The molecule has 0 saturated carbocycles. The molecule has 0 aliphatic rings. The lowest BCUT2D eigenvalue weighted by atomic mass is 10.3. The first-order valence-corrected chi connectivity index (χ1v) is 7.92. The second-order valence-electron chi connectivity index (χ2n) is 4.13. The van der Waals surface area contributed by atoms with E-state index in [0.717, 1.165) is 5.69 Å². The van der Waals surface area contributed by atoms with E-state index in [0.29, 0.717) is 23.1 Å². The number of benzene rings is 1. The lowest BCUT2D eigenvalue weighted by Gasteiger charge is -2.08. The van der Waals surface area contributed by atoms with E-state index >= 15 is 0 Å². The molecule has 0 unspecified atom stereocenters. The van der Waals surface area contributed by atoms with E-state index in [2.05, 4.69) is 10.0 Å². The predicted molar refractivity (Wildman–Crippen MR) is 80.3 cm³/mol. The van der Waals surface area contributed by atoms with Crippen LogP contribution in [0.3, 0.4) is 0 Å². The van der Waals surface area contributed by atoms with E-state index in [1.54, 1.807) is 24.3 Å². The van der Waals surface area contributed by atoms with Crippen LogP contribution in [0.2, 0.25) is 5.02 Å². The molecule has 1 aromatic carbocycles. The number of hydrogen-bond donors (Lipinski definition) is 2. The molecule has 21 heavy (non-hydrogen) atoms. The minimum absolute atomic E-state index is 0.115. The number of rotatable bonds is 6. The van der Waals surface area contributed by atoms with E-state index in [9.17, 15) is 8.42 Å². The molecule has 8 heteroatoms. The molecule has 2 N–H and O–H groups in total. The van der Waals surface area contributed by atoms with Gasteiger partial charge in [-0.05, 0) is 31.3 Å². The van der Waals surface area contributed by atoms with E-state index < -0.39 is 10.0 Å². The van der Waals surface area contributed by atoms with E-state index in [4.69, 9.17) is 20.8 Å². The first-order chi connectivity index (χ1) is 9.96. The molecule has 1 heterocycles. The maximum atomic E-state index is 11.6. The van der Waals surface area contributed by atoms with Crippen LogP contribution in [0.1, 0.15) is 5.76 Å². The number of methoxy groups -OCH3 is 1. The maximum Gasteiger partial charge on any atom is 0.273 e. The van der Waals surface area contributed by atoms with Gasteiger partial charge >= 0.3 is 0 Å². The minimum Gasteiger partial charge on any atom is -0.495 e. The van der Waals surface area contributed by atoms with Crippen LogP contribution in [0.25, 0.3) is 0 Å². The van der Waals surface area contributed by atoms with Crippen molar-refractivity contribution in [2.24, 2.45) is 0 Å². The second kappa shape index (κ2) is 6.38. The van der Waals surface area contributed by atoms with Crippen molar-refractivity contribution < 1.29 is 17.6 Å². The molecule has 0 spiro atoms. The van der Waals surface area contributed by atoms with Crippen molar-refractivity contribution in [2.75, 3.05) is 19.5 Å². The first-order valence-electron chi connectivity index (χ1n) is 6.06. The van der Waals surface area contributed by atoms with Crippen LogP contribution in [0.5, 0.6) is 5.75 Å². The Morgan fingerprint density at radius 1 is 1.29 bits per heavy atom. The highest BCUT2D eigenvalue weighted by Crippen LogP contribution is 2.27. The van der Waals surface area contributed by atoms with Gasteiger partial charge in [-0.1, -0.05) is 11.6 Å². The van der Waals surface area contributed by atoms with Crippen LogP contribution in [-0.2, 0) is 16.6 Å². The van der Waals surface area contributed by atoms with Crippen LogP contribution in [-0.4, -0.2) is 22.6 Å². The minimum atomic E-state index is -3.56. The zero-order valence-corrected chi connectivity index (χ0v) is 13.1. The fourth-order valence-electron chi connectivity index (χ4n) is 1.66. The number of furan rings is 1. The lowest BCUT2D eigenvalue weighted by molar-refractivity contribution is 0.414. The largest absolute Gasteiger partial charge is 0.495 e. The molecule has 2 aromatic rings. The predicted octanol–water partition coefficient (Wildman–Crippen LogP) is 2.46. The molecule has 0 aliphatic heterocycles. The van der Waals surface area contributed by atoms with Gasteiger partial charge in [0.2, 0.25) is 5.09 Å². The normalized spacial score (nSPS) is 11.4. The van der Waals surface area contributed by atoms with E-state index in [-0.39, 0.29) is 5.09 Å². The standard InChI is InChI=1S/C13H15ClN2O4S/c1-15-21(17,18)13-6-4-10(20-13)8-16-9-3-5-11(14)12(7-9)19-2/h3-7,15-16H,8H2,1-2H3. The second-order valence-corrected chi connectivity index (χ2v) is 6.36. The highest BCUT2D eigenvalue weighted by Gasteiger charge is 2.16. The summed E-state index contributed by atoms with van der Waals surface area (Å²) in [4.78, 5) is 0. The maximum absolute atomic E-state index is 11.6. The molecule has 114 valence electrons. The topological polar surface area (TPSA) is 80.6 Å². The number of ether oxygens (including phenoxy) is 1. The molecule has 0 atom stereocenters. The third kappa shape index (κ3) is 3.69. The molecular weight excluding hydrogens is 316 g/mol. The molecule has 0 fully saturated rings. The summed E-state index contributed by atoms with van der Waals surface area (Å²) in [5.74, 6) is 1.05. The van der Waals surface area contributed by atoms with Gasteiger partial charge in [0, 0.05) is 11.8 Å². The summed E-state index contributed by atoms with van der Waals surface area (Å²) < 4.78 is 35.7. The van der Waals surface area contributed by atoms with Crippen LogP contribution in [0.15, 0.2) is 39.8 Å². The fraction of sp³-hybridized carbons (Fsp3) is 0.231. The Balaban J connectivity index is 2.07. The van der Waals surface area contributed by atoms with Crippen molar-refractivity contribution in [1.82, 2.24) is 4.72 Å². The van der Waals surface area contributed by atoms with Crippen LogP contribution >= 0.6 is 11.6 Å². The Labute approximate surface area is 128 Å². The van der Waals surface area contributed by atoms with Gasteiger partial charge < -0.3 is 14.5 Å². The van der Waals surface area contributed by atoms with Gasteiger partial charge in [-0.3, -0.25) is 0 Å². The molecule has 0 amide bonds. The highest BCUT2D eigenvalue weighted by atomic mass is 35.5. The summed E-state index contributed by atoms with van der Waals surface area (Å²) in [5, 5.41) is 3.50. The third-order valence-corrected chi connectivity index (χ3v) is 4.39. The van der Waals surface area contributed by atoms with Gasteiger partial charge in [0.15, 0.2) is 0 Å². The molecule has 0 bridgehead atoms. The Morgan fingerprint density at radius 3 is 2.71 bits per heavy atom. The van der Waals surface area contributed by atoms with Gasteiger partial charge in [0.05, 0.1) is 18.7 Å². The van der Waals surface area contributed by atoms with E-state index in [1.165, 1.54) is 20.2 Å². The molecule has 2 rings (SSSR count). The quantitative estimate of drug-likeness (QED) is 0.850. The first kappa shape index (κ1) is 15.7. The van der Waals surface area contributed by atoms with Gasteiger partial charge in [-0.15, -0.1) is 0 Å². The van der Waals surface area contributed by atoms with Crippen molar-refractivity contribution >= 4 is 27.3 Å². The number of anilines is 1. The summed E-state index contributed by atoms with van der Waals surface area (Å²) in [6.07, 6.45) is 0. The van der Waals surface area contributed by atoms with Gasteiger partial charge in [-0.2, -0.15) is 0 Å². The van der Waals surface area contributed by atoms with Gasteiger partial charge in [0.25, 0.3) is 10.0 Å². The number of sulfonamides is 1. The molecule has 0 radical (unpaired) electrons. The smallest absolute Gasteiger partial charge is 0.273 e. The summed E-state index contributed by atoms with van der Waals surface area (Å²) in [5.41, 5.74) is 0.783. The Kier molecular flexibility index (Phi) is 4.76. The summed E-state index contributed by atoms with van der Waals surface area (Å²) >= 11 is 5.94. The molecule has 1 aromatic heterocycles. The summed E-state index contributed by atoms with van der Waals surface area (Å²) in [7, 11) is -0.695. The van der Waals surface area contributed by atoms with Crippen molar-refractivity contribution in [3.05, 3.63) is 41.1 Å². The Hall–Kier alpha value is -1.70. The van der Waals surface area contributed by atoms with Crippen molar-refractivity contribution in [1.29, 1.82) is 0 Å². The average Bonchev–Trinajstić information content (AvgIpc) is 2.96. The Morgan fingerprint density at radius 2 is 2.05 bits per heavy atom. The fourth-order valence-corrected chi connectivity index (χ4v) is 2.52.